The highest BCUT2D eigenvalue weighted by Crippen LogP contribution is 2.15. The van der Waals surface area contributed by atoms with E-state index in [0.29, 0.717) is 11.0 Å². The molecule has 0 heterocycles. The summed E-state index contributed by atoms with van der Waals surface area (Å²) in [5.74, 6) is -2.50. The monoisotopic (exact) mass is 325 g/mol. The maximum atomic E-state index is 13.0. The molecule has 0 aliphatic heterocycles. The Labute approximate surface area is 117 Å². The Balaban J connectivity index is 2.18. The van der Waals surface area contributed by atoms with Crippen LogP contribution in [0.1, 0.15) is 15.9 Å². The number of anilines is 1. The number of rotatable bonds is 3. The molecule has 98 valence electrons. The smallest absolute Gasteiger partial charge is 0.255 e. The van der Waals surface area contributed by atoms with Crippen molar-refractivity contribution in [1.29, 1.82) is 0 Å². The molecule has 5 heteroatoms. The molecule has 0 aliphatic carbocycles. The fourth-order valence-corrected chi connectivity index (χ4v) is 1.92. The predicted octanol–water partition coefficient (Wildman–Crippen LogP) is 4.11. The summed E-state index contributed by atoms with van der Waals surface area (Å²) in [5.41, 5.74) is 1.68. The second-order valence-electron chi connectivity index (χ2n) is 3.92. The van der Waals surface area contributed by atoms with Gasteiger partial charge in [0.15, 0.2) is 11.6 Å². The van der Waals surface area contributed by atoms with E-state index in [0.717, 1.165) is 17.7 Å². The lowest BCUT2D eigenvalue weighted by Gasteiger charge is -2.06. The summed E-state index contributed by atoms with van der Waals surface area (Å²) < 4.78 is 25.8. The van der Waals surface area contributed by atoms with Crippen LogP contribution in [0.15, 0.2) is 42.5 Å². The van der Waals surface area contributed by atoms with Crippen LogP contribution >= 0.6 is 15.9 Å². The minimum absolute atomic E-state index is 0.0724. The van der Waals surface area contributed by atoms with E-state index in [1.807, 2.05) is 6.07 Å². The molecule has 0 aromatic heterocycles. The van der Waals surface area contributed by atoms with Gasteiger partial charge >= 0.3 is 0 Å². The number of alkyl halides is 1. The second-order valence-corrected chi connectivity index (χ2v) is 4.48. The van der Waals surface area contributed by atoms with E-state index in [1.165, 1.54) is 6.07 Å². The molecule has 2 nitrogen and oxygen atoms in total. The van der Waals surface area contributed by atoms with Gasteiger partial charge < -0.3 is 5.32 Å². The molecule has 0 fully saturated rings. The summed E-state index contributed by atoms with van der Waals surface area (Å²) in [5, 5.41) is 3.30. The zero-order valence-corrected chi connectivity index (χ0v) is 11.4. The van der Waals surface area contributed by atoms with Crippen molar-refractivity contribution in [2.45, 2.75) is 5.33 Å². The average molecular weight is 326 g/mol. The number of hydrogen-bond donors (Lipinski definition) is 1. The zero-order chi connectivity index (χ0) is 13.8. The summed E-state index contributed by atoms with van der Waals surface area (Å²) in [6.07, 6.45) is 0. The van der Waals surface area contributed by atoms with Gasteiger partial charge in [-0.05, 0) is 35.9 Å². The van der Waals surface area contributed by atoms with Gasteiger partial charge in [-0.15, -0.1) is 0 Å². The standard InChI is InChI=1S/C14H10BrF2NO/c15-8-9-2-1-3-11(6-9)18-14(19)10-4-5-12(16)13(17)7-10/h1-7H,8H2,(H,18,19). The minimum Gasteiger partial charge on any atom is -0.322 e. The first-order valence-corrected chi connectivity index (χ1v) is 6.63. The zero-order valence-electron chi connectivity index (χ0n) is 9.79. The molecular formula is C14H10BrF2NO. The number of benzene rings is 2. The number of carbonyl (C=O) groups excluding carboxylic acids is 1. The highest BCUT2D eigenvalue weighted by atomic mass is 79.9. The first kappa shape index (κ1) is 13.7. The van der Waals surface area contributed by atoms with E-state index < -0.39 is 17.5 Å². The van der Waals surface area contributed by atoms with Gasteiger partial charge in [0, 0.05) is 16.6 Å². The first-order valence-electron chi connectivity index (χ1n) is 5.51. The molecule has 0 atom stereocenters. The summed E-state index contributed by atoms with van der Waals surface area (Å²) in [4.78, 5) is 11.9. The van der Waals surface area contributed by atoms with Crippen LogP contribution in [0, 0.1) is 11.6 Å². The average Bonchev–Trinajstić information content (AvgIpc) is 2.42. The van der Waals surface area contributed by atoms with Crippen LogP contribution in [0.5, 0.6) is 0 Å². The van der Waals surface area contributed by atoms with Crippen molar-refractivity contribution in [3.63, 3.8) is 0 Å². The van der Waals surface area contributed by atoms with Gasteiger partial charge in [-0.25, -0.2) is 8.78 Å². The topological polar surface area (TPSA) is 29.1 Å². The minimum atomic E-state index is -1.04. The number of hydrogen-bond acceptors (Lipinski definition) is 1. The van der Waals surface area contributed by atoms with E-state index in [9.17, 15) is 13.6 Å². The van der Waals surface area contributed by atoms with Crippen molar-refractivity contribution >= 4 is 27.5 Å². The molecule has 2 rings (SSSR count). The fourth-order valence-electron chi connectivity index (χ4n) is 1.57. The quantitative estimate of drug-likeness (QED) is 0.845. The maximum absolute atomic E-state index is 13.0. The summed E-state index contributed by atoms with van der Waals surface area (Å²) in [6, 6.07) is 10.3. The molecule has 1 amide bonds. The highest BCUT2D eigenvalue weighted by Gasteiger charge is 2.10. The molecule has 0 bridgehead atoms. The number of nitrogens with one attached hydrogen (secondary N) is 1. The Kier molecular flexibility index (Phi) is 4.27. The van der Waals surface area contributed by atoms with Gasteiger partial charge in [0.05, 0.1) is 0 Å². The van der Waals surface area contributed by atoms with E-state index >= 15 is 0 Å². The third kappa shape index (κ3) is 3.38. The molecule has 2 aromatic rings. The number of halogens is 3. The maximum Gasteiger partial charge on any atom is 0.255 e. The lowest BCUT2D eigenvalue weighted by molar-refractivity contribution is 0.102. The Morgan fingerprint density at radius 3 is 2.58 bits per heavy atom. The van der Waals surface area contributed by atoms with Gasteiger partial charge in [0.2, 0.25) is 0 Å². The van der Waals surface area contributed by atoms with Crippen LogP contribution in [0.4, 0.5) is 14.5 Å². The molecule has 0 saturated heterocycles. The molecule has 0 aliphatic rings. The Bertz CT molecular complexity index is 616. The Morgan fingerprint density at radius 2 is 1.89 bits per heavy atom. The molecule has 0 unspecified atom stereocenters. The van der Waals surface area contributed by atoms with Crippen LogP contribution in [-0.4, -0.2) is 5.91 Å². The molecule has 0 radical (unpaired) electrons. The summed E-state index contributed by atoms with van der Waals surface area (Å²) >= 11 is 3.32. The van der Waals surface area contributed by atoms with Crippen LogP contribution in [0.25, 0.3) is 0 Å². The van der Waals surface area contributed by atoms with E-state index in [4.69, 9.17) is 0 Å². The lowest BCUT2D eigenvalue weighted by Crippen LogP contribution is -2.12. The SMILES string of the molecule is O=C(Nc1cccc(CBr)c1)c1ccc(F)c(F)c1. The largest absolute Gasteiger partial charge is 0.322 e. The lowest BCUT2D eigenvalue weighted by atomic mass is 10.2. The molecule has 0 saturated carbocycles. The summed E-state index contributed by atoms with van der Waals surface area (Å²) in [7, 11) is 0. The van der Waals surface area contributed by atoms with Crippen LogP contribution in [0.2, 0.25) is 0 Å². The van der Waals surface area contributed by atoms with Crippen LogP contribution < -0.4 is 5.32 Å². The van der Waals surface area contributed by atoms with Crippen LogP contribution in [0.3, 0.4) is 0 Å². The van der Waals surface area contributed by atoms with Crippen LogP contribution in [-0.2, 0) is 5.33 Å². The Hall–Kier alpha value is -1.75. The van der Waals surface area contributed by atoms with Crippen molar-refractivity contribution in [2.24, 2.45) is 0 Å². The first-order chi connectivity index (χ1) is 9.10. The van der Waals surface area contributed by atoms with Crippen molar-refractivity contribution in [3.8, 4) is 0 Å². The Morgan fingerprint density at radius 1 is 1.11 bits per heavy atom. The third-order valence-corrected chi connectivity index (χ3v) is 3.17. The predicted molar refractivity (Wildman–Crippen MR) is 73.4 cm³/mol. The molecule has 0 spiro atoms. The van der Waals surface area contributed by atoms with Gasteiger partial charge in [-0.3, -0.25) is 4.79 Å². The summed E-state index contributed by atoms with van der Waals surface area (Å²) in [6.45, 7) is 0. The third-order valence-electron chi connectivity index (χ3n) is 2.52. The van der Waals surface area contributed by atoms with Gasteiger partial charge in [0.25, 0.3) is 5.91 Å². The number of carbonyl (C=O) groups is 1. The molecule has 2 aromatic carbocycles. The molecule has 19 heavy (non-hydrogen) atoms. The van der Waals surface area contributed by atoms with E-state index in [2.05, 4.69) is 21.2 Å². The normalized spacial score (nSPS) is 10.3. The molecular weight excluding hydrogens is 316 g/mol. The number of amides is 1. The van der Waals surface area contributed by atoms with Gasteiger partial charge in [0.1, 0.15) is 0 Å². The van der Waals surface area contributed by atoms with Gasteiger partial charge in [-0.2, -0.15) is 0 Å². The highest BCUT2D eigenvalue weighted by molar-refractivity contribution is 9.08. The second kappa shape index (κ2) is 5.93. The fraction of sp³-hybridized carbons (Fsp3) is 0.0714. The molecule has 1 N–H and O–H groups in total. The van der Waals surface area contributed by atoms with Gasteiger partial charge in [-0.1, -0.05) is 28.1 Å². The van der Waals surface area contributed by atoms with Crippen molar-refractivity contribution in [3.05, 3.63) is 65.2 Å². The van der Waals surface area contributed by atoms with E-state index in [-0.39, 0.29) is 5.56 Å². The van der Waals surface area contributed by atoms with Crippen molar-refractivity contribution in [2.75, 3.05) is 5.32 Å². The van der Waals surface area contributed by atoms with Crippen molar-refractivity contribution in [1.82, 2.24) is 0 Å². The van der Waals surface area contributed by atoms with E-state index in [1.54, 1.807) is 18.2 Å². The van der Waals surface area contributed by atoms with Crippen molar-refractivity contribution < 1.29 is 13.6 Å².